The highest BCUT2D eigenvalue weighted by Crippen LogP contribution is 2.23. The largest absolute Gasteiger partial charge is 0.371 e. The van der Waals surface area contributed by atoms with Crippen LogP contribution in [0.15, 0.2) is 30.5 Å². The summed E-state index contributed by atoms with van der Waals surface area (Å²) in [7, 11) is 0. The minimum Gasteiger partial charge on any atom is -0.371 e. The monoisotopic (exact) mass is 386 g/mol. The second kappa shape index (κ2) is 9.85. The topological polar surface area (TPSA) is 57.3 Å². The van der Waals surface area contributed by atoms with E-state index in [9.17, 15) is 4.79 Å². The number of anilines is 2. The molecule has 2 N–H and O–H groups in total. The van der Waals surface area contributed by atoms with Crippen LogP contribution in [0.4, 0.5) is 11.4 Å². The lowest BCUT2D eigenvalue weighted by atomic mass is 10.1. The molecule has 1 aliphatic rings. The Morgan fingerprint density at radius 2 is 2.15 bits per heavy atom. The summed E-state index contributed by atoms with van der Waals surface area (Å²) in [4.78, 5) is 20.7. The number of carbonyl (C=O) groups is 1. The van der Waals surface area contributed by atoms with Gasteiger partial charge in [-0.25, -0.2) is 4.98 Å². The first-order chi connectivity index (χ1) is 13.2. The predicted molar refractivity (Wildman–Crippen MR) is 114 cm³/mol. The van der Waals surface area contributed by atoms with Gasteiger partial charge in [0.2, 0.25) is 5.91 Å². The molecule has 6 heteroatoms. The first-order valence-corrected chi connectivity index (χ1v) is 10.8. The minimum absolute atomic E-state index is 0.0447. The van der Waals surface area contributed by atoms with Crippen LogP contribution in [-0.4, -0.2) is 30.0 Å². The molecule has 0 aliphatic carbocycles. The number of rotatable bonds is 9. The molecule has 5 nitrogen and oxygen atoms in total. The highest BCUT2D eigenvalue weighted by Gasteiger charge is 2.19. The number of nitrogens with one attached hydrogen (secondary N) is 2. The lowest BCUT2D eigenvalue weighted by Gasteiger charge is -2.20. The zero-order chi connectivity index (χ0) is 19.1. The maximum absolute atomic E-state index is 12.9. The summed E-state index contributed by atoms with van der Waals surface area (Å²) in [6.45, 7) is 7.05. The van der Waals surface area contributed by atoms with Crippen molar-refractivity contribution in [1.29, 1.82) is 0 Å². The third kappa shape index (κ3) is 5.78. The molecule has 1 aromatic carbocycles. The Morgan fingerprint density at radius 3 is 2.85 bits per heavy atom. The van der Waals surface area contributed by atoms with Crippen LogP contribution in [-0.2, 0) is 11.3 Å². The standard InChI is InChI=1S/C21H30N4OS/c1-3-4-10-20(23-15-19-14-22-16(2)27-19)21(26)24-17-8-7-9-18(13-17)25-11-5-6-12-25/h7-9,13-14,20,23H,3-6,10-12,15H2,1-2H3,(H,24,26). The van der Waals surface area contributed by atoms with Crippen molar-refractivity contribution in [1.82, 2.24) is 10.3 Å². The fourth-order valence-electron chi connectivity index (χ4n) is 3.43. The van der Waals surface area contributed by atoms with Gasteiger partial charge < -0.3 is 15.5 Å². The number of aryl methyl sites for hydroxylation is 1. The molecule has 1 fully saturated rings. The van der Waals surface area contributed by atoms with Crippen LogP contribution in [0.5, 0.6) is 0 Å². The number of hydrogen-bond acceptors (Lipinski definition) is 5. The summed E-state index contributed by atoms with van der Waals surface area (Å²) in [5.41, 5.74) is 2.07. The Balaban J connectivity index is 1.61. The van der Waals surface area contributed by atoms with Gasteiger partial charge in [0.15, 0.2) is 0 Å². The van der Waals surface area contributed by atoms with E-state index in [0.29, 0.717) is 6.54 Å². The molecule has 146 valence electrons. The Labute approximate surface area is 166 Å². The highest BCUT2D eigenvalue weighted by atomic mass is 32.1. The van der Waals surface area contributed by atoms with Gasteiger partial charge in [-0.3, -0.25) is 4.79 Å². The van der Waals surface area contributed by atoms with Crippen molar-refractivity contribution in [2.45, 2.75) is 58.5 Å². The predicted octanol–water partition coefficient (Wildman–Crippen LogP) is 4.34. The minimum atomic E-state index is -0.192. The number of amides is 1. The van der Waals surface area contributed by atoms with Crippen LogP contribution in [0, 0.1) is 6.92 Å². The maximum atomic E-state index is 12.9. The highest BCUT2D eigenvalue weighted by molar-refractivity contribution is 7.11. The molecule has 0 spiro atoms. The second-order valence-electron chi connectivity index (χ2n) is 7.16. The normalized spacial score (nSPS) is 15.1. The molecule has 0 radical (unpaired) electrons. The zero-order valence-electron chi connectivity index (χ0n) is 16.3. The van der Waals surface area contributed by atoms with E-state index in [2.05, 4.69) is 39.6 Å². The molecular formula is C21H30N4OS. The quantitative estimate of drug-likeness (QED) is 0.673. The van der Waals surface area contributed by atoms with Crippen LogP contribution in [0.3, 0.4) is 0 Å². The van der Waals surface area contributed by atoms with E-state index in [1.807, 2.05) is 25.3 Å². The van der Waals surface area contributed by atoms with Crippen molar-refractivity contribution in [2.75, 3.05) is 23.3 Å². The van der Waals surface area contributed by atoms with Crippen molar-refractivity contribution in [3.05, 3.63) is 40.3 Å². The SMILES string of the molecule is CCCCC(NCc1cnc(C)s1)C(=O)Nc1cccc(N2CCCC2)c1. The molecule has 3 rings (SSSR count). The molecule has 27 heavy (non-hydrogen) atoms. The van der Waals surface area contributed by atoms with Crippen molar-refractivity contribution >= 4 is 28.6 Å². The van der Waals surface area contributed by atoms with Gasteiger partial charge in [-0.2, -0.15) is 0 Å². The third-order valence-electron chi connectivity index (χ3n) is 4.94. The van der Waals surface area contributed by atoms with Gasteiger partial charge in [-0.1, -0.05) is 25.8 Å². The van der Waals surface area contributed by atoms with E-state index < -0.39 is 0 Å². The number of unbranched alkanes of at least 4 members (excludes halogenated alkanes) is 1. The average Bonchev–Trinajstić information content (AvgIpc) is 3.34. The van der Waals surface area contributed by atoms with E-state index in [1.165, 1.54) is 18.5 Å². The van der Waals surface area contributed by atoms with E-state index in [1.54, 1.807) is 11.3 Å². The Kier molecular flexibility index (Phi) is 7.24. The lowest BCUT2D eigenvalue weighted by Crippen LogP contribution is -2.40. The fraction of sp³-hybridized carbons (Fsp3) is 0.524. The number of carbonyl (C=O) groups excluding carboxylic acids is 1. The molecule has 1 unspecified atom stereocenters. The third-order valence-corrected chi connectivity index (χ3v) is 5.85. The van der Waals surface area contributed by atoms with Crippen molar-refractivity contribution in [3.63, 3.8) is 0 Å². The van der Waals surface area contributed by atoms with Gasteiger partial charge >= 0.3 is 0 Å². The molecule has 1 aromatic heterocycles. The molecule has 2 heterocycles. The summed E-state index contributed by atoms with van der Waals surface area (Å²) in [6, 6.07) is 8.02. The molecule has 2 aromatic rings. The van der Waals surface area contributed by atoms with Crippen LogP contribution < -0.4 is 15.5 Å². The van der Waals surface area contributed by atoms with Gasteiger partial charge in [0.05, 0.1) is 11.0 Å². The molecule has 0 saturated carbocycles. The van der Waals surface area contributed by atoms with Crippen LogP contribution in [0.2, 0.25) is 0 Å². The zero-order valence-corrected chi connectivity index (χ0v) is 17.1. The van der Waals surface area contributed by atoms with Gasteiger partial charge in [-0.05, 0) is 44.4 Å². The molecule has 0 bridgehead atoms. The summed E-state index contributed by atoms with van der Waals surface area (Å²) in [5.74, 6) is 0.0447. The molecular weight excluding hydrogens is 356 g/mol. The Morgan fingerprint density at radius 1 is 1.33 bits per heavy atom. The summed E-state index contributed by atoms with van der Waals surface area (Å²) >= 11 is 1.67. The maximum Gasteiger partial charge on any atom is 0.241 e. The average molecular weight is 387 g/mol. The molecule has 1 atom stereocenters. The lowest BCUT2D eigenvalue weighted by molar-refractivity contribution is -0.118. The van der Waals surface area contributed by atoms with E-state index >= 15 is 0 Å². The molecule has 1 saturated heterocycles. The van der Waals surface area contributed by atoms with Crippen LogP contribution in [0.1, 0.15) is 48.9 Å². The smallest absolute Gasteiger partial charge is 0.241 e. The van der Waals surface area contributed by atoms with Gasteiger partial charge in [0.25, 0.3) is 0 Å². The van der Waals surface area contributed by atoms with Crippen molar-refractivity contribution in [3.8, 4) is 0 Å². The van der Waals surface area contributed by atoms with Gasteiger partial charge in [-0.15, -0.1) is 11.3 Å². The van der Waals surface area contributed by atoms with Crippen molar-refractivity contribution < 1.29 is 4.79 Å². The van der Waals surface area contributed by atoms with Gasteiger partial charge in [0.1, 0.15) is 0 Å². The first-order valence-electron chi connectivity index (χ1n) is 9.96. The van der Waals surface area contributed by atoms with E-state index in [-0.39, 0.29) is 11.9 Å². The number of nitrogens with zero attached hydrogens (tertiary/aromatic N) is 2. The van der Waals surface area contributed by atoms with Crippen LogP contribution >= 0.6 is 11.3 Å². The summed E-state index contributed by atoms with van der Waals surface area (Å²) in [5, 5.41) is 7.59. The van der Waals surface area contributed by atoms with Crippen molar-refractivity contribution in [2.24, 2.45) is 0 Å². The number of thiazole rings is 1. The van der Waals surface area contributed by atoms with Crippen LogP contribution in [0.25, 0.3) is 0 Å². The van der Waals surface area contributed by atoms with E-state index in [0.717, 1.165) is 47.9 Å². The molecule has 1 amide bonds. The number of aromatic nitrogens is 1. The summed E-state index contributed by atoms with van der Waals surface area (Å²) < 4.78 is 0. The summed E-state index contributed by atoms with van der Waals surface area (Å²) in [6.07, 6.45) is 7.33. The number of benzene rings is 1. The second-order valence-corrected chi connectivity index (χ2v) is 8.47. The Bertz CT molecular complexity index is 739. The fourth-order valence-corrected chi connectivity index (χ4v) is 4.18. The van der Waals surface area contributed by atoms with Gasteiger partial charge in [0, 0.05) is 42.1 Å². The Hall–Kier alpha value is -1.92. The number of hydrogen-bond donors (Lipinski definition) is 2. The first kappa shape index (κ1) is 19.8. The molecule has 1 aliphatic heterocycles. The van der Waals surface area contributed by atoms with E-state index in [4.69, 9.17) is 0 Å².